The summed E-state index contributed by atoms with van der Waals surface area (Å²) in [4.78, 5) is 24.2. The minimum absolute atomic E-state index is 0.146. The minimum Gasteiger partial charge on any atom is -0.478 e. The molecule has 0 bridgehead atoms. The highest BCUT2D eigenvalue weighted by atomic mass is 16.4. The zero-order valence-electron chi connectivity index (χ0n) is 16.3. The van der Waals surface area contributed by atoms with E-state index < -0.39 is 5.97 Å². The van der Waals surface area contributed by atoms with Gasteiger partial charge in [-0.15, -0.1) is 0 Å². The van der Waals surface area contributed by atoms with Crippen LogP contribution in [0, 0.1) is 0 Å². The molecule has 4 aromatic carbocycles. The van der Waals surface area contributed by atoms with Crippen molar-refractivity contribution in [3.63, 3.8) is 0 Å². The van der Waals surface area contributed by atoms with E-state index in [1.54, 1.807) is 18.2 Å². The number of aryl methyl sites for hydroxylation is 2. The minimum atomic E-state index is -0.931. The van der Waals surface area contributed by atoms with E-state index in [0.29, 0.717) is 18.4 Å². The van der Waals surface area contributed by atoms with Crippen LogP contribution in [0.1, 0.15) is 31.8 Å². The first-order chi connectivity index (χ1) is 14.6. The summed E-state index contributed by atoms with van der Waals surface area (Å²) in [5, 5.41) is 14.2. The van der Waals surface area contributed by atoms with Crippen LogP contribution in [0.4, 0.5) is 5.69 Å². The number of carbonyl (C=O) groups is 2. The van der Waals surface area contributed by atoms with E-state index in [0.717, 1.165) is 27.6 Å². The van der Waals surface area contributed by atoms with Crippen LogP contribution in [0.2, 0.25) is 0 Å². The Kier molecular flexibility index (Phi) is 5.57. The van der Waals surface area contributed by atoms with Crippen molar-refractivity contribution in [2.75, 3.05) is 5.32 Å². The Morgan fingerprint density at radius 1 is 0.767 bits per heavy atom. The maximum Gasteiger partial charge on any atom is 0.335 e. The monoisotopic (exact) mass is 395 g/mol. The molecule has 0 saturated heterocycles. The third kappa shape index (κ3) is 4.23. The van der Waals surface area contributed by atoms with E-state index in [4.69, 9.17) is 0 Å². The summed E-state index contributed by atoms with van der Waals surface area (Å²) in [7, 11) is 0. The van der Waals surface area contributed by atoms with E-state index in [-0.39, 0.29) is 11.5 Å². The molecule has 0 aliphatic heterocycles. The van der Waals surface area contributed by atoms with E-state index in [2.05, 4.69) is 5.32 Å². The highest BCUT2D eigenvalue weighted by Gasteiger charge is 2.12. The lowest BCUT2D eigenvalue weighted by Gasteiger charge is -2.13. The summed E-state index contributed by atoms with van der Waals surface area (Å²) in [6.45, 7) is 0. The maximum absolute atomic E-state index is 13.0. The zero-order chi connectivity index (χ0) is 20.9. The third-order valence-electron chi connectivity index (χ3n) is 5.16. The lowest BCUT2D eigenvalue weighted by Crippen LogP contribution is -2.14. The molecular weight excluding hydrogens is 374 g/mol. The molecule has 0 fully saturated rings. The van der Waals surface area contributed by atoms with Gasteiger partial charge in [-0.3, -0.25) is 4.79 Å². The molecule has 0 radical (unpaired) electrons. The second-order valence-corrected chi connectivity index (χ2v) is 7.14. The number of fused-ring (bicyclic) bond motifs is 1. The predicted octanol–water partition coefficient (Wildman–Crippen LogP) is 5.58. The van der Waals surface area contributed by atoms with E-state index in [1.165, 1.54) is 0 Å². The molecule has 0 heterocycles. The molecule has 30 heavy (non-hydrogen) atoms. The smallest absolute Gasteiger partial charge is 0.335 e. The van der Waals surface area contributed by atoms with Crippen LogP contribution in [-0.2, 0) is 12.8 Å². The Bertz CT molecular complexity index is 1220. The third-order valence-corrected chi connectivity index (χ3v) is 5.16. The van der Waals surface area contributed by atoms with Crippen molar-refractivity contribution in [1.82, 2.24) is 0 Å². The normalized spacial score (nSPS) is 10.7. The molecule has 148 valence electrons. The van der Waals surface area contributed by atoms with Crippen molar-refractivity contribution in [1.29, 1.82) is 0 Å². The number of hydrogen-bond donors (Lipinski definition) is 2. The number of carboxylic acid groups (broad SMARTS) is 1. The van der Waals surface area contributed by atoms with Crippen molar-refractivity contribution in [3.8, 4) is 0 Å². The van der Waals surface area contributed by atoms with Gasteiger partial charge >= 0.3 is 5.97 Å². The van der Waals surface area contributed by atoms with E-state index >= 15 is 0 Å². The number of carboxylic acids is 1. The van der Waals surface area contributed by atoms with Crippen molar-refractivity contribution in [2.45, 2.75) is 12.8 Å². The van der Waals surface area contributed by atoms with Crippen molar-refractivity contribution >= 4 is 28.3 Å². The highest BCUT2D eigenvalue weighted by molar-refractivity contribution is 6.13. The Morgan fingerprint density at radius 2 is 1.50 bits per heavy atom. The van der Waals surface area contributed by atoms with Crippen LogP contribution < -0.4 is 5.32 Å². The quantitative estimate of drug-likeness (QED) is 0.448. The summed E-state index contributed by atoms with van der Waals surface area (Å²) in [5.74, 6) is -1.08. The molecule has 4 rings (SSSR count). The van der Waals surface area contributed by atoms with E-state index in [9.17, 15) is 14.7 Å². The van der Waals surface area contributed by atoms with E-state index in [1.807, 2.05) is 72.8 Å². The average Bonchev–Trinajstić information content (AvgIpc) is 2.78. The molecule has 4 nitrogen and oxygen atoms in total. The number of aromatic carboxylic acids is 1. The predicted molar refractivity (Wildman–Crippen MR) is 119 cm³/mol. The number of benzene rings is 4. The fourth-order valence-electron chi connectivity index (χ4n) is 3.61. The number of rotatable bonds is 6. The van der Waals surface area contributed by atoms with Gasteiger partial charge in [-0.25, -0.2) is 4.79 Å². The summed E-state index contributed by atoms with van der Waals surface area (Å²) in [6, 6.07) is 28.2. The van der Waals surface area contributed by atoms with Crippen LogP contribution in [0.3, 0.4) is 0 Å². The van der Waals surface area contributed by atoms with Gasteiger partial charge in [0.05, 0.1) is 5.56 Å². The molecule has 0 saturated carbocycles. The number of hydrogen-bond acceptors (Lipinski definition) is 2. The molecule has 4 aromatic rings. The van der Waals surface area contributed by atoms with Gasteiger partial charge in [-0.05, 0) is 59.0 Å². The summed E-state index contributed by atoms with van der Waals surface area (Å²) < 4.78 is 0. The van der Waals surface area contributed by atoms with Gasteiger partial charge in [0.1, 0.15) is 0 Å². The van der Waals surface area contributed by atoms with Gasteiger partial charge in [0.2, 0.25) is 0 Å². The van der Waals surface area contributed by atoms with Gasteiger partial charge in [-0.2, -0.15) is 0 Å². The molecule has 1 amide bonds. The van der Waals surface area contributed by atoms with Crippen LogP contribution >= 0.6 is 0 Å². The summed E-state index contributed by atoms with van der Waals surface area (Å²) >= 11 is 0. The molecule has 0 unspecified atom stereocenters. The topological polar surface area (TPSA) is 66.4 Å². The lowest BCUT2D eigenvalue weighted by atomic mass is 10.0. The molecule has 0 aromatic heterocycles. The van der Waals surface area contributed by atoms with Gasteiger partial charge < -0.3 is 10.4 Å². The number of carbonyl (C=O) groups excluding carboxylic acids is 1. The van der Waals surface area contributed by atoms with Gasteiger partial charge in [0, 0.05) is 11.3 Å². The number of anilines is 1. The van der Waals surface area contributed by atoms with Crippen LogP contribution in [0.15, 0.2) is 91.0 Å². The van der Waals surface area contributed by atoms with Crippen LogP contribution in [-0.4, -0.2) is 17.0 Å². The first-order valence-electron chi connectivity index (χ1n) is 9.81. The van der Waals surface area contributed by atoms with Gasteiger partial charge in [0.15, 0.2) is 0 Å². The first kappa shape index (κ1) is 19.4. The van der Waals surface area contributed by atoms with Gasteiger partial charge in [0.25, 0.3) is 5.91 Å². The van der Waals surface area contributed by atoms with Crippen molar-refractivity contribution in [2.24, 2.45) is 0 Å². The fourth-order valence-corrected chi connectivity index (χ4v) is 3.61. The van der Waals surface area contributed by atoms with Crippen molar-refractivity contribution in [3.05, 3.63) is 113 Å². The molecular formula is C26H21NO3. The summed E-state index contributed by atoms with van der Waals surface area (Å²) in [5.41, 5.74) is 3.64. The van der Waals surface area contributed by atoms with Crippen molar-refractivity contribution < 1.29 is 14.7 Å². The summed E-state index contributed by atoms with van der Waals surface area (Å²) in [6.07, 6.45) is 1.37. The molecule has 0 atom stereocenters. The Balaban J connectivity index is 1.54. The zero-order valence-corrected chi connectivity index (χ0v) is 16.3. The second-order valence-electron chi connectivity index (χ2n) is 7.14. The largest absolute Gasteiger partial charge is 0.478 e. The Morgan fingerprint density at radius 3 is 2.37 bits per heavy atom. The molecule has 4 heteroatoms. The standard InChI is InChI=1S/C26H21NO3/c28-25(23-13-6-10-19-8-1-3-12-22(19)23)27-24-14-4-2-9-20(24)16-15-18-7-5-11-21(17-18)26(29)30/h1-14,17H,15-16H2,(H,27,28)(H,29,30). The Labute approximate surface area is 174 Å². The fraction of sp³-hybridized carbons (Fsp3) is 0.0769. The SMILES string of the molecule is O=C(O)c1cccc(CCc2ccccc2NC(=O)c2cccc3ccccc23)c1. The first-order valence-corrected chi connectivity index (χ1v) is 9.81. The molecule has 0 spiro atoms. The second kappa shape index (κ2) is 8.62. The average molecular weight is 395 g/mol. The maximum atomic E-state index is 13.0. The van der Waals surface area contributed by atoms with Gasteiger partial charge in [-0.1, -0.05) is 66.7 Å². The number of amides is 1. The number of para-hydroxylation sites is 1. The highest BCUT2D eigenvalue weighted by Crippen LogP contribution is 2.22. The lowest BCUT2D eigenvalue weighted by molar-refractivity contribution is 0.0696. The molecule has 2 N–H and O–H groups in total. The number of nitrogens with one attached hydrogen (secondary N) is 1. The van der Waals surface area contributed by atoms with Crippen LogP contribution in [0.25, 0.3) is 10.8 Å². The Hall–Kier alpha value is -3.92. The van der Waals surface area contributed by atoms with Crippen LogP contribution in [0.5, 0.6) is 0 Å². The molecule has 0 aliphatic carbocycles. The molecule has 0 aliphatic rings.